The lowest BCUT2D eigenvalue weighted by molar-refractivity contribution is -0.255. The summed E-state index contributed by atoms with van der Waals surface area (Å²) >= 11 is 8.15. The molecule has 0 aromatic heterocycles. The maximum absolute atomic E-state index is 12.6. The molecule has 0 fully saturated rings. The first-order chi connectivity index (χ1) is 11.9. The molecule has 1 heterocycles. The summed E-state index contributed by atoms with van der Waals surface area (Å²) in [6, 6.07) is 12.4. The number of rotatable bonds is 4. The molecule has 25 heavy (non-hydrogen) atoms. The summed E-state index contributed by atoms with van der Waals surface area (Å²) < 4.78 is 0.964. The monoisotopic (exact) mass is 467 g/mol. The molecule has 126 valence electrons. The number of imide groups is 1. The molecule has 2 aromatic rings. The highest BCUT2D eigenvalue weighted by Crippen LogP contribution is 2.30. The van der Waals surface area contributed by atoms with Crippen LogP contribution in [0.15, 0.2) is 59.3 Å². The zero-order valence-electron chi connectivity index (χ0n) is 12.5. The third-order valence-corrected chi connectivity index (χ3v) is 4.57. The number of aromatic carboxylic acids is 1. The van der Waals surface area contributed by atoms with E-state index < -0.39 is 17.8 Å². The van der Waals surface area contributed by atoms with E-state index in [-0.39, 0.29) is 16.3 Å². The highest BCUT2D eigenvalue weighted by molar-refractivity contribution is 14.1. The van der Waals surface area contributed by atoms with E-state index >= 15 is 0 Å². The number of hydrogen-bond acceptors (Lipinski definition) is 5. The molecule has 0 spiro atoms. The van der Waals surface area contributed by atoms with Gasteiger partial charge in [0.25, 0.3) is 11.8 Å². The lowest BCUT2D eigenvalue weighted by Gasteiger charge is -2.15. The average Bonchev–Trinajstić information content (AvgIpc) is 2.80. The van der Waals surface area contributed by atoms with E-state index in [1.807, 2.05) is 0 Å². The fourth-order valence-corrected chi connectivity index (χ4v) is 2.84. The normalized spacial score (nSPS) is 14.2. The summed E-state index contributed by atoms with van der Waals surface area (Å²) in [6.07, 6.45) is 0. The van der Waals surface area contributed by atoms with Gasteiger partial charge in [0.2, 0.25) is 0 Å². The van der Waals surface area contributed by atoms with Crippen LogP contribution in [0.5, 0.6) is 0 Å². The summed E-state index contributed by atoms with van der Waals surface area (Å²) in [4.78, 5) is 36.7. The van der Waals surface area contributed by atoms with Gasteiger partial charge < -0.3 is 15.2 Å². The minimum Gasteiger partial charge on any atom is -0.545 e. The Bertz CT molecular complexity index is 907. The highest BCUT2D eigenvalue weighted by atomic mass is 127. The van der Waals surface area contributed by atoms with Crippen LogP contribution in [0.1, 0.15) is 10.4 Å². The van der Waals surface area contributed by atoms with Gasteiger partial charge in [-0.15, -0.1) is 0 Å². The molecule has 0 unspecified atom stereocenters. The molecule has 0 saturated carbocycles. The second-order valence-electron chi connectivity index (χ2n) is 5.10. The van der Waals surface area contributed by atoms with Crippen molar-refractivity contribution in [1.82, 2.24) is 0 Å². The van der Waals surface area contributed by atoms with Crippen molar-refractivity contribution in [2.45, 2.75) is 0 Å². The molecule has 2 aromatic carbocycles. The number of anilines is 2. The van der Waals surface area contributed by atoms with Crippen LogP contribution in [0.4, 0.5) is 11.4 Å². The lowest BCUT2D eigenvalue weighted by Crippen LogP contribution is -2.32. The smallest absolute Gasteiger partial charge is 0.283 e. The van der Waals surface area contributed by atoms with Crippen LogP contribution in [0.3, 0.4) is 0 Å². The number of nitrogens with one attached hydrogen (secondary N) is 1. The fraction of sp³-hybridized carbons (Fsp3) is 0. The summed E-state index contributed by atoms with van der Waals surface area (Å²) in [6.45, 7) is 0. The van der Waals surface area contributed by atoms with Gasteiger partial charge in [0.05, 0.1) is 11.7 Å². The van der Waals surface area contributed by atoms with Crippen molar-refractivity contribution >= 4 is 63.4 Å². The van der Waals surface area contributed by atoms with Gasteiger partial charge in [0.1, 0.15) is 10.7 Å². The molecule has 0 bridgehead atoms. The Morgan fingerprint density at radius 2 is 1.60 bits per heavy atom. The molecule has 0 aliphatic carbocycles. The Morgan fingerprint density at radius 3 is 2.16 bits per heavy atom. The van der Waals surface area contributed by atoms with Crippen molar-refractivity contribution in [1.29, 1.82) is 0 Å². The number of hydrogen-bond donors (Lipinski definition) is 1. The SMILES string of the molecule is O=C([O-])c1ccc(NC2=C(Cl)C(=O)N(c3ccc(I)cc3)C2=O)cc1. The van der Waals surface area contributed by atoms with Crippen molar-refractivity contribution in [3.63, 3.8) is 0 Å². The van der Waals surface area contributed by atoms with Gasteiger partial charge in [0, 0.05) is 9.26 Å². The van der Waals surface area contributed by atoms with Gasteiger partial charge in [-0.2, -0.15) is 0 Å². The first kappa shape index (κ1) is 17.4. The molecule has 2 amide bonds. The number of carbonyl (C=O) groups excluding carboxylic acids is 3. The van der Waals surface area contributed by atoms with Crippen molar-refractivity contribution in [3.05, 3.63) is 68.4 Å². The molecular formula is C17H9ClIN2O4-. The standard InChI is InChI=1S/C17H10ClIN2O4/c18-13-14(20-11-5-1-9(2-6-11)17(24)25)16(23)21(15(13)22)12-7-3-10(19)4-8-12/h1-8,20H,(H,24,25)/p-1. The number of carboxylic acids is 1. The largest absolute Gasteiger partial charge is 0.545 e. The van der Waals surface area contributed by atoms with Gasteiger partial charge in [-0.1, -0.05) is 23.7 Å². The molecule has 1 aliphatic heterocycles. The van der Waals surface area contributed by atoms with E-state index in [2.05, 4.69) is 27.9 Å². The van der Waals surface area contributed by atoms with Crippen LogP contribution < -0.4 is 15.3 Å². The average molecular weight is 468 g/mol. The van der Waals surface area contributed by atoms with E-state index in [0.717, 1.165) is 8.47 Å². The van der Waals surface area contributed by atoms with Crippen LogP contribution in [-0.2, 0) is 9.59 Å². The second-order valence-corrected chi connectivity index (χ2v) is 6.72. The fourth-order valence-electron chi connectivity index (χ4n) is 2.27. The van der Waals surface area contributed by atoms with Gasteiger partial charge in [-0.25, -0.2) is 4.90 Å². The predicted octanol–water partition coefficient (Wildman–Crippen LogP) is 2.09. The van der Waals surface area contributed by atoms with E-state index in [0.29, 0.717) is 11.4 Å². The van der Waals surface area contributed by atoms with Crippen molar-refractivity contribution in [2.75, 3.05) is 10.2 Å². The zero-order chi connectivity index (χ0) is 18.1. The summed E-state index contributed by atoms with van der Waals surface area (Å²) in [7, 11) is 0. The molecule has 6 nitrogen and oxygen atoms in total. The van der Waals surface area contributed by atoms with Crippen LogP contribution in [-0.4, -0.2) is 17.8 Å². The predicted molar refractivity (Wildman–Crippen MR) is 98.9 cm³/mol. The maximum Gasteiger partial charge on any atom is 0.283 e. The molecule has 8 heteroatoms. The Morgan fingerprint density at radius 1 is 1.00 bits per heavy atom. The Labute approximate surface area is 161 Å². The first-order valence-electron chi connectivity index (χ1n) is 7.01. The maximum atomic E-state index is 12.6. The molecule has 1 N–H and O–H groups in total. The van der Waals surface area contributed by atoms with Gasteiger partial charge in [-0.3, -0.25) is 9.59 Å². The van der Waals surface area contributed by atoms with Crippen LogP contribution in [0, 0.1) is 3.57 Å². The summed E-state index contributed by atoms with van der Waals surface area (Å²) in [5.41, 5.74) is 0.771. The number of halogens is 2. The quantitative estimate of drug-likeness (QED) is 0.549. The Kier molecular flexibility index (Phi) is 4.78. The number of amides is 2. The second kappa shape index (κ2) is 6.85. The van der Waals surface area contributed by atoms with Crippen molar-refractivity contribution in [3.8, 4) is 0 Å². The minimum absolute atomic E-state index is 0.0000311. The molecule has 0 radical (unpaired) electrons. The van der Waals surface area contributed by atoms with E-state index in [9.17, 15) is 19.5 Å². The first-order valence-corrected chi connectivity index (χ1v) is 8.46. The summed E-state index contributed by atoms with van der Waals surface area (Å²) in [5.74, 6) is -2.51. The number of carboxylic acid groups (broad SMARTS) is 1. The van der Waals surface area contributed by atoms with Crippen LogP contribution in [0.2, 0.25) is 0 Å². The van der Waals surface area contributed by atoms with Gasteiger partial charge in [-0.05, 0) is 64.6 Å². The summed E-state index contributed by atoms with van der Waals surface area (Å²) in [5, 5.41) is 13.3. The van der Waals surface area contributed by atoms with Crippen LogP contribution >= 0.6 is 34.2 Å². The Hall–Kier alpha value is -2.39. The highest BCUT2D eigenvalue weighted by Gasteiger charge is 2.38. The van der Waals surface area contributed by atoms with E-state index in [4.69, 9.17) is 11.6 Å². The van der Waals surface area contributed by atoms with Crippen molar-refractivity contribution < 1.29 is 19.5 Å². The van der Waals surface area contributed by atoms with Crippen LogP contribution in [0.25, 0.3) is 0 Å². The Balaban J connectivity index is 1.86. The van der Waals surface area contributed by atoms with E-state index in [1.54, 1.807) is 24.3 Å². The van der Waals surface area contributed by atoms with Crippen molar-refractivity contribution in [2.24, 2.45) is 0 Å². The number of benzene rings is 2. The zero-order valence-corrected chi connectivity index (χ0v) is 15.4. The third-order valence-electron chi connectivity index (χ3n) is 3.50. The number of nitrogens with zero attached hydrogens (tertiary/aromatic N) is 1. The molecule has 0 saturated heterocycles. The third kappa shape index (κ3) is 3.38. The molecule has 0 atom stereocenters. The molecular weight excluding hydrogens is 459 g/mol. The lowest BCUT2D eigenvalue weighted by atomic mass is 10.2. The van der Waals surface area contributed by atoms with E-state index in [1.165, 1.54) is 24.3 Å². The molecule has 1 aliphatic rings. The number of carbonyl (C=O) groups is 3. The molecule has 3 rings (SSSR count). The topological polar surface area (TPSA) is 89.5 Å². The van der Waals surface area contributed by atoms with Gasteiger partial charge >= 0.3 is 0 Å². The minimum atomic E-state index is -1.30. The van der Waals surface area contributed by atoms with Gasteiger partial charge in [0.15, 0.2) is 0 Å².